The summed E-state index contributed by atoms with van der Waals surface area (Å²) in [7, 11) is 0. The number of nitrogens with zero attached hydrogens (tertiary/aromatic N) is 5. The number of carbonyl (C=O) groups excluding carboxylic acids is 1. The number of rotatable bonds is 10. The van der Waals surface area contributed by atoms with Gasteiger partial charge >= 0.3 is 0 Å². The van der Waals surface area contributed by atoms with Crippen molar-refractivity contribution < 1.29 is 4.79 Å². The Morgan fingerprint density at radius 1 is 0.587 bits per heavy atom. The van der Waals surface area contributed by atoms with Crippen LogP contribution < -0.4 is 11.1 Å². The molecule has 0 saturated carbocycles. The third kappa shape index (κ3) is 6.76. The Bertz CT molecular complexity index is 2030. The summed E-state index contributed by atoms with van der Waals surface area (Å²) in [6.07, 6.45) is 7.48. The van der Waals surface area contributed by atoms with Crippen LogP contribution in [0, 0.1) is 0 Å². The Hall–Kier alpha value is -5.89. The third-order valence-electron chi connectivity index (χ3n) is 7.86. The van der Waals surface area contributed by atoms with E-state index in [4.69, 9.17) is 9.97 Å². The lowest BCUT2D eigenvalue weighted by atomic mass is 10.2. The first kappa shape index (κ1) is 30.1. The number of hydrogen-bond acceptors (Lipinski definition) is 5. The first-order valence-electron chi connectivity index (χ1n) is 15.2. The zero-order valence-corrected chi connectivity index (χ0v) is 25.5. The normalized spacial score (nSPS) is 11.6. The Kier molecular flexibility index (Phi) is 9.06. The molecule has 1 amide bonds. The molecule has 6 aromatic rings. The fourth-order valence-electron chi connectivity index (χ4n) is 5.39. The second-order valence-corrected chi connectivity index (χ2v) is 10.9. The molecule has 0 spiro atoms. The third-order valence-corrected chi connectivity index (χ3v) is 7.86. The van der Waals surface area contributed by atoms with Crippen LogP contribution in [0.4, 0.5) is 0 Å². The van der Waals surface area contributed by atoms with Crippen molar-refractivity contribution in [1.82, 2.24) is 24.0 Å². The van der Waals surface area contributed by atoms with Crippen LogP contribution in [0.2, 0.25) is 0 Å². The number of hydrogen-bond donors (Lipinski definition) is 0. The van der Waals surface area contributed by atoms with Crippen LogP contribution in [-0.4, -0.2) is 43.0 Å². The van der Waals surface area contributed by atoms with Gasteiger partial charge < -0.3 is 4.90 Å². The molecule has 0 N–H and O–H groups in total. The second-order valence-electron chi connectivity index (χ2n) is 10.9. The summed E-state index contributed by atoms with van der Waals surface area (Å²) in [6.45, 7) is 2.47. The van der Waals surface area contributed by atoms with Crippen molar-refractivity contribution >= 4 is 52.0 Å². The van der Waals surface area contributed by atoms with Crippen molar-refractivity contribution in [3.63, 3.8) is 0 Å². The summed E-state index contributed by atoms with van der Waals surface area (Å²) in [5.74, 6) is 0.838. The van der Waals surface area contributed by atoms with Crippen molar-refractivity contribution in [2.45, 2.75) is 20.0 Å². The molecule has 8 nitrogen and oxygen atoms in total. The fourth-order valence-corrected chi connectivity index (χ4v) is 5.39. The predicted molar refractivity (Wildman–Crippen MR) is 185 cm³/mol. The number of para-hydroxylation sites is 2. The van der Waals surface area contributed by atoms with E-state index in [-0.39, 0.29) is 43.2 Å². The lowest BCUT2D eigenvalue weighted by molar-refractivity contribution is -0.129. The molecule has 0 fully saturated rings. The number of fused-ring (bicyclic) bond motifs is 2. The first-order valence-corrected chi connectivity index (χ1v) is 15.2. The average molecular weight is 608 g/mol. The maximum absolute atomic E-state index is 13.6. The highest BCUT2D eigenvalue weighted by molar-refractivity contribution is 5.80. The molecule has 4 aromatic carbocycles. The van der Waals surface area contributed by atoms with Gasteiger partial charge in [0, 0.05) is 33.1 Å². The van der Waals surface area contributed by atoms with Crippen molar-refractivity contribution in [1.29, 1.82) is 0 Å². The molecule has 2 heterocycles. The monoisotopic (exact) mass is 607 g/mol. The van der Waals surface area contributed by atoms with Gasteiger partial charge in [-0.1, -0.05) is 97.1 Å². The SMILES string of the molecule is CC(=O)N(CCn1c(/C=C/c2ccccc2)nc2ccccc2c1=O)CCn1c(/C=C/c2ccccc2)nc2ccccc2c1=O. The quantitative estimate of drug-likeness (QED) is 0.191. The zero-order valence-electron chi connectivity index (χ0n) is 25.5. The van der Waals surface area contributed by atoms with E-state index < -0.39 is 0 Å². The summed E-state index contributed by atoms with van der Waals surface area (Å²) >= 11 is 0. The number of carbonyl (C=O) groups is 1. The minimum atomic E-state index is -0.176. The van der Waals surface area contributed by atoms with Crippen LogP contribution in [0.5, 0.6) is 0 Å². The average Bonchev–Trinajstić information content (AvgIpc) is 3.09. The number of aromatic nitrogens is 4. The highest BCUT2D eigenvalue weighted by Crippen LogP contribution is 2.14. The maximum atomic E-state index is 13.6. The van der Waals surface area contributed by atoms with E-state index in [1.165, 1.54) is 6.92 Å². The van der Waals surface area contributed by atoms with Gasteiger partial charge in [0.25, 0.3) is 11.1 Å². The van der Waals surface area contributed by atoms with Crippen LogP contribution in [0.3, 0.4) is 0 Å². The van der Waals surface area contributed by atoms with Crippen LogP contribution in [-0.2, 0) is 17.9 Å². The molecule has 0 atom stereocenters. The van der Waals surface area contributed by atoms with E-state index in [0.717, 1.165) is 11.1 Å². The molecule has 0 unspecified atom stereocenters. The zero-order chi connectivity index (χ0) is 31.9. The molecule has 0 radical (unpaired) electrons. The lowest BCUT2D eigenvalue weighted by Crippen LogP contribution is -2.38. The lowest BCUT2D eigenvalue weighted by Gasteiger charge is -2.23. The second kappa shape index (κ2) is 13.8. The van der Waals surface area contributed by atoms with Crippen LogP contribution in [0.25, 0.3) is 46.1 Å². The van der Waals surface area contributed by atoms with Gasteiger partial charge in [0.1, 0.15) is 11.6 Å². The molecular formula is C38H33N5O3. The topological polar surface area (TPSA) is 90.1 Å². The molecule has 6 rings (SSSR count). The summed E-state index contributed by atoms with van der Waals surface area (Å²) in [4.78, 5) is 51.4. The maximum Gasteiger partial charge on any atom is 0.261 e. The van der Waals surface area contributed by atoms with Gasteiger partial charge in [-0.05, 0) is 47.5 Å². The molecule has 0 aliphatic rings. The largest absolute Gasteiger partial charge is 0.339 e. The molecule has 46 heavy (non-hydrogen) atoms. The molecular weight excluding hydrogens is 574 g/mol. The summed E-state index contributed by atoms with van der Waals surface area (Å²) in [6, 6.07) is 34.1. The Morgan fingerprint density at radius 2 is 0.978 bits per heavy atom. The molecule has 8 heteroatoms. The predicted octanol–water partition coefficient (Wildman–Crippen LogP) is 6.00. The molecule has 2 aromatic heterocycles. The molecule has 0 aliphatic carbocycles. The summed E-state index contributed by atoms with van der Waals surface area (Å²) in [5, 5.41) is 1.02. The minimum Gasteiger partial charge on any atom is -0.339 e. The molecule has 0 saturated heterocycles. The number of benzene rings is 4. The van der Waals surface area contributed by atoms with E-state index in [1.807, 2.05) is 121 Å². The summed E-state index contributed by atoms with van der Waals surface area (Å²) in [5.41, 5.74) is 2.83. The van der Waals surface area contributed by atoms with Crippen molar-refractivity contribution in [3.05, 3.63) is 153 Å². The van der Waals surface area contributed by atoms with Gasteiger partial charge in [-0.15, -0.1) is 0 Å². The smallest absolute Gasteiger partial charge is 0.261 e. The highest BCUT2D eigenvalue weighted by Gasteiger charge is 2.16. The van der Waals surface area contributed by atoms with Gasteiger partial charge in [-0.3, -0.25) is 23.5 Å². The molecule has 0 bridgehead atoms. The van der Waals surface area contributed by atoms with Gasteiger partial charge in [0.05, 0.1) is 21.8 Å². The van der Waals surface area contributed by atoms with E-state index in [0.29, 0.717) is 33.5 Å². The van der Waals surface area contributed by atoms with Crippen LogP contribution in [0.1, 0.15) is 29.7 Å². The van der Waals surface area contributed by atoms with E-state index >= 15 is 0 Å². The Morgan fingerprint density at radius 3 is 1.39 bits per heavy atom. The van der Waals surface area contributed by atoms with Crippen molar-refractivity contribution in [2.75, 3.05) is 13.1 Å². The molecule has 228 valence electrons. The van der Waals surface area contributed by atoms with Crippen molar-refractivity contribution in [3.8, 4) is 0 Å². The van der Waals surface area contributed by atoms with Gasteiger partial charge in [0.2, 0.25) is 5.91 Å². The van der Waals surface area contributed by atoms with Crippen LogP contribution in [0.15, 0.2) is 119 Å². The molecule has 0 aliphatic heterocycles. The van der Waals surface area contributed by atoms with E-state index in [1.54, 1.807) is 26.2 Å². The van der Waals surface area contributed by atoms with E-state index in [9.17, 15) is 14.4 Å². The first-order chi connectivity index (χ1) is 22.5. The standard InChI is InChI=1S/C38H33N5O3/c1-28(44)41(24-26-42-35(22-20-29-12-4-2-5-13-29)39-33-18-10-8-16-31(33)37(42)45)25-27-43-36(23-21-30-14-6-3-7-15-30)40-34-19-11-9-17-32(34)38(43)46/h2-23H,24-27H2,1H3/b22-20+,23-21+. The summed E-state index contributed by atoms with van der Waals surface area (Å²) < 4.78 is 3.21. The minimum absolute atomic E-state index is 0.161. The Labute approximate surface area is 266 Å². The highest BCUT2D eigenvalue weighted by atomic mass is 16.2. The van der Waals surface area contributed by atoms with Gasteiger partial charge in [0.15, 0.2) is 0 Å². The van der Waals surface area contributed by atoms with Gasteiger partial charge in [-0.25, -0.2) is 9.97 Å². The van der Waals surface area contributed by atoms with E-state index in [2.05, 4.69) is 0 Å². The Balaban J connectivity index is 1.29. The fraction of sp³-hybridized carbons (Fsp3) is 0.132. The van der Waals surface area contributed by atoms with Gasteiger partial charge in [-0.2, -0.15) is 0 Å². The van der Waals surface area contributed by atoms with Crippen LogP contribution >= 0.6 is 0 Å². The number of amides is 1. The van der Waals surface area contributed by atoms with Crippen molar-refractivity contribution in [2.24, 2.45) is 0 Å².